The molecule has 4 amide bonds. The summed E-state index contributed by atoms with van der Waals surface area (Å²) in [5.74, 6) is -2.06. The lowest BCUT2D eigenvalue weighted by molar-refractivity contribution is -0.143. The van der Waals surface area contributed by atoms with Crippen LogP contribution in [0.25, 0.3) is 0 Å². The molecule has 0 spiro atoms. The molecule has 20 heteroatoms. The first-order valence-corrected chi connectivity index (χ1v) is 20.3. The molecule has 0 heterocycles. The van der Waals surface area contributed by atoms with E-state index < -0.39 is 48.3 Å². The van der Waals surface area contributed by atoms with Gasteiger partial charge in [0.05, 0.1) is 13.2 Å². The van der Waals surface area contributed by atoms with Crippen LogP contribution >= 0.6 is 0 Å². The average molecular weight is 897 g/mol. The summed E-state index contributed by atoms with van der Waals surface area (Å²) in [5.41, 5.74) is 2.96. The second kappa shape index (κ2) is 31.5. The van der Waals surface area contributed by atoms with Gasteiger partial charge in [-0.15, -0.1) is 0 Å². The molecule has 0 radical (unpaired) electrons. The first kappa shape index (κ1) is 52.8. The standard InChI is InChI=1S/C44H56N4O16/c1-5-37(49)59-25-27-63-43(55)47-35-29-33(19-17-31(35)3)45-41(53)61-23-11-7-9-15-39(51)57-21-13-14-22-58-40(52)16-10-8-12-24-62-42(54)46-34-20-18-32(4)36(30-34)48-44(56)64-28-26-60-38(50)6-2/h5-6,13-14,17-20,29-30H,1-2,7-12,15-16,21-28H2,3-4H3,(H,45,53)(H,46,54)(H,47,55)(H,48,56)/b14-13+. The number of benzene rings is 2. The smallest absolute Gasteiger partial charge is 0.411 e. The van der Waals surface area contributed by atoms with Crippen LogP contribution in [0.2, 0.25) is 0 Å². The summed E-state index contributed by atoms with van der Waals surface area (Å²) in [6.45, 7) is 9.77. The summed E-state index contributed by atoms with van der Waals surface area (Å²) in [4.78, 5) is 94.7. The number of carbonyl (C=O) groups is 8. The number of anilines is 4. The van der Waals surface area contributed by atoms with Crippen LogP contribution in [0.5, 0.6) is 0 Å². The van der Waals surface area contributed by atoms with E-state index in [0.29, 0.717) is 72.4 Å². The highest BCUT2D eigenvalue weighted by molar-refractivity contribution is 5.91. The van der Waals surface area contributed by atoms with Crippen LogP contribution < -0.4 is 21.3 Å². The van der Waals surface area contributed by atoms with Gasteiger partial charge in [0.2, 0.25) is 0 Å². The molecule has 2 aromatic rings. The Morgan fingerprint density at radius 1 is 0.453 bits per heavy atom. The topological polar surface area (TPSA) is 259 Å². The highest BCUT2D eigenvalue weighted by Gasteiger charge is 2.12. The van der Waals surface area contributed by atoms with Crippen molar-refractivity contribution < 1.29 is 76.3 Å². The summed E-state index contributed by atoms with van der Waals surface area (Å²) in [7, 11) is 0. The lowest BCUT2D eigenvalue weighted by atomic mass is 10.2. The maximum Gasteiger partial charge on any atom is 0.411 e. The SMILES string of the molecule is C=CC(=O)OCCOC(=O)Nc1cc(NC(=O)OCCCCCC(=O)OC/C=C/COC(=O)CCCCCOC(=O)Nc2ccc(C)c(NC(=O)OCCOC(=O)C=C)c2)ccc1C. The first-order valence-electron chi connectivity index (χ1n) is 20.3. The van der Waals surface area contributed by atoms with Crippen LogP contribution in [0, 0.1) is 13.8 Å². The van der Waals surface area contributed by atoms with Crippen LogP contribution in [0.4, 0.5) is 41.9 Å². The van der Waals surface area contributed by atoms with Gasteiger partial charge in [-0.05, 0) is 99.9 Å². The fourth-order valence-electron chi connectivity index (χ4n) is 4.93. The van der Waals surface area contributed by atoms with Crippen LogP contribution in [0.3, 0.4) is 0 Å². The van der Waals surface area contributed by atoms with Gasteiger partial charge in [-0.1, -0.05) is 25.3 Å². The van der Waals surface area contributed by atoms with E-state index in [9.17, 15) is 38.4 Å². The van der Waals surface area contributed by atoms with Gasteiger partial charge in [-0.3, -0.25) is 30.9 Å². The van der Waals surface area contributed by atoms with Crippen molar-refractivity contribution in [1.82, 2.24) is 0 Å². The lowest BCUT2D eigenvalue weighted by Gasteiger charge is -2.12. The number of carbonyl (C=O) groups excluding carboxylic acids is 8. The highest BCUT2D eigenvalue weighted by atomic mass is 16.6. The molecule has 0 bridgehead atoms. The number of aryl methyl sites for hydroxylation is 2. The van der Waals surface area contributed by atoms with E-state index in [1.165, 1.54) is 12.1 Å². The number of hydrogen-bond acceptors (Lipinski definition) is 16. The molecule has 348 valence electrons. The third kappa shape index (κ3) is 24.8. The largest absolute Gasteiger partial charge is 0.461 e. The quantitative estimate of drug-likeness (QED) is 0.0213. The summed E-state index contributed by atoms with van der Waals surface area (Å²) >= 11 is 0. The van der Waals surface area contributed by atoms with E-state index in [1.54, 1.807) is 50.3 Å². The van der Waals surface area contributed by atoms with Crippen molar-refractivity contribution in [3.05, 3.63) is 85.0 Å². The molecule has 0 aromatic heterocycles. The van der Waals surface area contributed by atoms with Crippen molar-refractivity contribution in [2.45, 2.75) is 65.2 Å². The zero-order valence-corrected chi connectivity index (χ0v) is 36.0. The van der Waals surface area contributed by atoms with Gasteiger partial charge in [0.25, 0.3) is 0 Å². The molecular formula is C44H56N4O16. The predicted octanol–water partition coefficient (Wildman–Crippen LogP) is 7.42. The Hall–Kier alpha value is -7.38. The second-order valence-corrected chi connectivity index (χ2v) is 13.3. The summed E-state index contributed by atoms with van der Waals surface area (Å²) < 4.78 is 40.1. The van der Waals surface area contributed by atoms with Crippen molar-refractivity contribution in [3.8, 4) is 0 Å². The van der Waals surface area contributed by atoms with E-state index >= 15 is 0 Å². The van der Waals surface area contributed by atoms with Crippen LogP contribution in [-0.4, -0.2) is 101 Å². The van der Waals surface area contributed by atoms with Crippen molar-refractivity contribution in [2.75, 3.05) is 74.1 Å². The van der Waals surface area contributed by atoms with E-state index in [1.807, 2.05) is 0 Å². The molecule has 0 unspecified atom stereocenters. The summed E-state index contributed by atoms with van der Waals surface area (Å²) in [6.07, 6.45) is 5.89. The third-order valence-electron chi connectivity index (χ3n) is 8.26. The van der Waals surface area contributed by atoms with Gasteiger partial charge in [0, 0.05) is 47.7 Å². The van der Waals surface area contributed by atoms with E-state index in [2.05, 4.69) is 34.4 Å². The van der Waals surface area contributed by atoms with Gasteiger partial charge in [0.15, 0.2) is 0 Å². The Balaban J connectivity index is 1.47. The van der Waals surface area contributed by atoms with Gasteiger partial charge < -0.3 is 37.9 Å². The van der Waals surface area contributed by atoms with Crippen molar-refractivity contribution in [2.24, 2.45) is 0 Å². The number of amides is 4. The fraction of sp³-hybridized carbons (Fsp3) is 0.409. The number of esters is 4. The monoisotopic (exact) mass is 896 g/mol. The Bertz CT molecular complexity index is 1800. The first-order chi connectivity index (χ1) is 30.8. The normalized spacial score (nSPS) is 10.3. The lowest BCUT2D eigenvalue weighted by Crippen LogP contribution is -2.19. The molecule has 0 aliphatic heterocycles. The molecule has 64 heavy (non-hydrogen) atoms. The van der Waals surface area contributed by atoms with E-state index in [0.717, 1.165) is 12.2 Å². The van der Waals surface area contributed by atoms with Crippen LogP contribution in [0.15, 0.2) is 73.9 Å². The van der Waals surface area contributed by atoms with Gasteiger partial charge in [0.1, 0.15) is 39.6 Å². The average Bonchev–Trinajstić information content (AvgIpc) is 3.26. The minimum absolute atomic E-state index is 0.0203. The van der Waals surface area contributed by atoms with Gasteiger partial charge in [-0.2, -0.15) is 0 Å². The maximum absolute atomic E-state index is 12.2. The Kier molecular flexibility index (Phi) is 25.9. The maximum atomic E-state index is 12.2. The zero-order chi connectivity index (χ0) is 47.0. The molecule has 20 nitrogen and oxygen atoms in total. The number of rotatable bonds is 28. The molecule has 0 saturated carbocycles. The van der Waals surface area contributed by atoms with Crippen molar-refractivity contribution >= 4 is 71.0 Å². The second-order valence-electron chi connectivity index (χ2n) is 13.3. The van der Waals surface area contributed by atoms with Crippen LogP contribution in [-0.2, 0) is 57.1 Å². The number of ether oxygens (including phenoxy) is 8. The molecule has 0 aliphatic carbocycles. The number of hydrogen-bond donors (Lipinski definition) is 4. The van der Waals surface area contributed by atoms with Crippen molar-refractivity contribution in [1.29, 1.82) is 0 Å². The molecule has 2 aromatic carbocycles. The molecular weight excluding hydrogens is 840 g/mol. The van der Waals surface area contributed by atoms with E-state index in [4.69, 9.17) is 37.9 Å². The van der Waals surface area contributed by atoms with Gasteiger partial charge >= 0.3 is 48.3 Å². The predicted molar refractivity (Wildman–Crippen MR) is 233 cm³/mol. The highest BCUT2D eigenvalue weighted by Crippen LogP contribution is 2.22. The minimum Gasteiger partial charge on any atom is -0.461 e. The Labute approximate surface area is 370 Å². The molecule has 2 rings (SSSR count). The Morgan fingerprint density at radius 3 is 1.20 bits per heavy atom. The number of unbranched alkanes of at least 4 members (excludes halogenated alkanes) is 4. The zero-order valence-electron chi connectivity index (χ0n) is 36.0. The van der Waals surface area contributed by atoms with Crippen molar-refractivity contribution in [3.63, 3.8) is 0 Å². The summed E-state index contributed by atoms with van der Waals surface area (Å²) in [5, 5.41) is 10.3. The molecule has 0 aliphatic rings. The third-order valence-corrected chi connectivity index (χ3v) is 8.26. The molecule has 0 atom stereocenters. The van der Waals surface area contributed by atoms with E-state index in [-0.39, 0.29) is 65.7 Å². The molecule has 4 N–H and O–H groups in total. The molecule has 0 fully saturated rings. The van der Waals surface area contributed by atoms with Gasteiger partial charge in [-0.25, -0.2) is 28.8 Å². The minimum atomic E-state index is -0.769. The fourth-order valence-corrected chi connectivity index (χ4v) is 4.93. The Morgan fingerprint density at radius 2 is 0.812 bits per heavy atom. The van der Waals surface area contributed by atoms with Crippen LogP contribution in [0.1, 0.15) is 62.5 Å². The summed E-state index contributed by atoms with van der Waals surface area (Å²) in [6, 6.07) is 9.72. The molecule has 0 saturated heterocycles. The number of nitrogens with one attached hydrogen (secondary N) is 4.